The number of anilines is 1. The number of benzene rings is 2. The molecule has 1 saturated carbocycles. The first-order valence-corrected chi connectivity index (χ1v) is 11.6. The van der Waals surface area contributed by atoms with E-state index in [1.54, 1.807) is 7.05 Å². The third-order valence-corrected chi connectivity index (χ3v) is 7.48. The summed E-state index contributed by atoms with van der Waals surface area (Å²) in [4.78, 5) is 39.0. The van der Waals surface area contributed by atoms with Crippen molar-refractivity contribution in [1.82, 2.24) is 14.7 Å². The van der Waals surface area contributed by atoms with E-state index in [0.29, 0.717) is 13.0 Å². The summed E-state index contributed by atoms with van der Waals surface area (Å²) in [6.45, 7) is 0.709. The van der Waals surface area contributed by atoms with Crippen molar-refractivity contribution >= 4 is 23.8 Å². The molecule has 6 rings (SSSR count). The van der Waals surface area contributed by atoms with Gasteiger partial charge in [0.2, 0.25) is 0 Å². The monoisotopic (exact) mass is 472 g/mol. The maximum Gasteiger partial charge on any atom is 0.412 e. The number of carboxylic acids is 1. The quantitative estimate of drug-likeness (QED) is 0.589. The summed E-state index contributed by atoms with van der Waals surface area (Å²) in [6, 6.07) is 16.2. The van der Waals surface area contributed by atoms with Crippen LogP contribution >= 0.6 is 0 Å². The molecule has 1 aliphatic heterocycles. The number of aromatic nitrogens is 2. The van der Waals surface area contributed by atoms with Gasteiger partial charge in [0.05, 0.1) is 5.41 Å². The summed E-state index contributed by atoms with van der Waals surface area (Å²) in [5, 5.41) is 16.3. The van der Waals surface area contributed by atoms with Crippen LogP contribution in [0.2, 0.25) is 0 Å². The molecule has 9 nitrogen and oxygen atoms in total. The number of nitrogens with one attached hydrogen (secondary N) is 1. The van der Waals surface area contributed by atoms with Crippen LogP contribution in [0.3, 0.4) is 0 Å². The van der Waals surface area contributed by atoms with Crippen molar-refractivity contribution in [2.75, 3.05) is 25.0 Å². The maximum absolute atomic E-state index is 13.1. The van der Waals surface area contributed by atoms with E-state index >= 15 is 0 Å². The minimum Gasteiger partial charge on any atom is -0.481 e. The normalized spacial score (nSPS) is 21.7. The number of carbonyl (C=O) groups is 3. The fraction of sp³-hybridized carbons (Fsp3) is 0.308. The lowest BCUT2D eigenvalue weighted by Crippen LogP contribution is -2.34. The van der Waals surface area contributed by atoms with Crippen molar-refractivity contribution < 1.29 is 24.2 Å². The van der Waals surface area contributed by atoms with Crippen LogP contribution in [0.25, 0.3) is 11.1 Å². The zero-order valence-corrected chi connectivity index (χ0v) is 19.1. The predicted molar refractivity (Wildman–Crippen MR) is 126 cm³/mol. The maximum atomic E-state index is 13.1. The number of hydrogen-bond donors (Lipinski definition) is 2. The Balaban J connectivity index is 1.15. The molecule has 178 valence electrons. The SMILES string of the molecule is Cn1cc(C(=O)N2CC3CC3(C(=O)O)C2)c(NC(=O)OCC2c3ccccc3-c3ccccc32)n1. The largest absolute Gasteiger partial charge is 0.481 e. The number of likely N-dealkylation sites (tertiary alicyclic amines) is 1. The van der Waals surface area contributed by atoms with Crippen LogP contribution in [0, 0.1) is 11.3 Å². The highest BCUT2D eigenvalue weighted by Crippen LogP contribution is 2.58. The molecule has 35 heavy (non-hydrogen) atoms. The van der Waals surface area contributed by atoms with Gasteiger partial charge in [0.25, 0.3) is 5.91 Å². The van der Waals surface area contributed by atoms with E-state index in [2.05, 4.69) is 22.5 Å². The van der Waals surface area contributed by atoms with Gasteiger partial charge in [0.15, 0.2) is 5.82 Å². The number of ether oxygens (including phenoxy) is 1. The molecule has 2 atom stereocenters. The van der Waals surface area contributed by atoms with Crippen LogP contribution in [0.15, 0.2) is 54.7 Å². The predicted octanol–water partition coefficient (Wildman–Crippen LogP) is 3.33. The Morgan fingerprint density at radius 3 is 2.40 bits per heavy atom. The van der Waals surface area contributed by atoms with E-state index in [1.165, 1.54) is 15.8 Å². The first-order chi connectivity index (χ1) is 16.9. The lowest BCUT2D eigenvalue weighted by Gasteiger charge is -2.19. The Labute approximate surface area is 201 Å². The molecule has 2 N–H and O–H groups in total. The fourth-order valence-electron chi connectivity index (χ4n) is 5.61. The Bertz CT molecular complexity index is 1340. The van der Waals surface area contributed by atoms with Crippen molar-refractivity contribution in [1.29, 1.82) is 0 Å². The Morgan fingerprint density at radius 2 is 1.77 bits per heavy atom. The van der Waals surface area contributed by atoms with Gasteiger partial charge >= 0.3 is 12.1 Å². The summed E-state index contributed by atoms with van der Waals surface area (Å²) < 4.78 is 7.02. The van der Waals surface area contributed by atoms with E-state index in [0.717, 1.165) is 22.3 Å². The topological polar surface area (TPSA) is 114 Å². The average Bonchev–Trinajstić information content (AvgIpc) is 3.12. The van der Waals surface area contributed by atoms with Crippen LogP contribution < -0.4 is 5.32 Å². The third kappa shape index (κ3) is 3.38. The standard InChI is InChI=1S/C26H24N4O5/c1-29-12-20(23(31)30-11-15-10-26(15,14-30)24(32)33)22(28-29)27-25(34)35-13-21-18-8-4-2-6-16(18)17-7-3-5-9-19(17)21/h2-9,12,15,21H,10-11,13-14H2,1H3,(H,32,33)(H,27,28,34). The molecule has 0 spiro atoms. The molecule has 1 saturated heterocycles. The van der Waals surface area contributed by atoms with Crippen molar-refractivity contribution in [3.63, 3.8) is 0 Å². The number of fused-ring (bicyclic) bond motifs is 4. The number of rotatable bonds is 5. The number of piperidine rings is 1. The summed E-state index contributed by atoms with van der Waals surface area (Å²) >= 11 is 0. The molecule has 3 aliphatic rings. The number of nitrogens with zero attached hydrogens (tertiary/aromatic N) is 3. The molecular weight excluding hydrogens is 448 g/mol. The first-order valence-electron chi connectivity index (χ1n) is 11.6. The second-order valence-electron chi connectivity index (χ2n) is 9.56. The number of hydrogen-bond acceptors (Lipinski definition) is 5. The summed E-state index contributed by atoms with van der Waals surface area (Å²) in [5.74, 6) is -1.21. The van der Waals surface area contributed by atoms with Gasteiger partial charge in [-0.05, 0) is 34.6 Å². The smallest absolute Gasteiger partial charge is 0.412 e. The van der Waals surface area contributed by atoms with Gasteiger partial charge in [-0.15, -0.1) is 0 Å². The minimum absolute atomic E-state index is 0.0147. The molecule has 0 bridgehead atoms. The van der Waals surface area contributed by atoms with Gasteiger partial charge in [-0.3, -0.25) is 19.6 Å². The third-order valence-electron chi connectivity index (χ3n) is 7.48. The van der Waals surface area contributed by atoms with Gasteiger partial charge < -0.3 is 14.7 Å². The zero-order chi connectivity index (χ0) is 24.3. The highest BCUT2D eigenvalue weighted by molar-refractivity contribution is 6.02. The van der Waals surface area contributed by atoms with E-state index < -0.39 is 17.5 Å². The lowest BCUT2D eigenvalue weighted by atomic mass is 9.98. The van der Waals surface area contributed by atoms with E-state index in [9.17, 15) is 19.5 Å². The molecular formula is C26H24N4O5. The molecule has 2 aromatic carbocycles. The first kappa shape index (κ1) is 21.4. The molecule has 1 aromatic heterocycles. The fourth-order valence-corrected chi connectivity index (χ4v) is 5.61. The average molecular weight is 473 g/mol. The van der Waals surface area contributed by atoms with Crippen LogP contribution in [0.4, 0.5) is 10.6 Å². The van der Waals surface area contributed by atoms with Gasteiger partial charge in [-0.25, -0.2) is 4.79 Å². The van der Waals surface area contributed by atoms with Crippen LogP contribution in [0.5, 0.6) is 0 Å². The van der Waals surface area contributed by atoms with E-state index in [1.807, 2.05) is 36.4 Å². The number of carboxylic acid groups (broad SMARTS) is 1. The summed E-state index contributed by atoms with van der Waals surface area (Å²) in [7, 11) is 1.65. The molecule has 0 radical (unpaired) electrons. The summed E-state index contributed by atoms with van der Waals surface area (Å²) in [5.41, 5.74) is 3.88. The van der Waals surface area contributed by atoms with Gasteiger partial charge in [-0.1, -0.05) is 48.5 Å². The van der Waals surface area contributed by atoms with Gasteiger partial charge in [-0.2, -0.15) is 5.10 Å². The second kappa shape index (κ2) is 7.69. The Kier molecular flexibility index (Phi) is 4.70. The number of aryl methyl sites for hydroxylation is 1. The molecule has 2 unspecified atom stereocenters. The van der Waals surface area contributed by atoms with Crippen LogP contribution in [-0.2, 0) is 16.6 Å². The van der Waals surface area contributed by atoms with Gasteiger partial charge in [0, 0.05) is 32.3 Å². The van der Waals surface area contributed by atoms with Gasteiger partial charge in [0.1, 0.15) is 12.2 Å². The zero-order valence-electron chi connectivity index (χ0n) is 19.1. The van der Waals surface area contributed by atoms with E-state index in [-0.39, 0.29) is 42.3 Å². The highest BCUT2D eigenvalue weighted by atomic mass is 16.5. The molecule has 2 heterocycles. The Hall–Kier alpha value is -4.14. The Morgan fingerprint density at radius 1 is 1.11 bits per heavy atom. The highest BCUT2D eigenvalue weighted by Gasteiger charge is 2.66. The molecule has 2 fully saturated rings. The molecule has 3 aromatic rings. The van der Waals surface area contributed by atoms with E-state index in [4.69, 9.17) is 4.74 Å². The minimum atomic E-state index is -0.860. The summed E-state index contributed by atoms with van der Waals surface area (Å²) in [6.07, 6.45) is 1.42. The van der Waals surface area contributed by atoms with Crippen molar-refractivity contribution in [2.45, 2.75) is 12.3 Å². The number of amides is 2. The van der Waals surface area contributed by atoms with Crippen LogP contribution in [0.1, 0.15) is 33.8 Å². The van der Waals surface area contributed by atoms with Crippen molar-refractivity contribution in [2.24, 2.45) is 18.4 Å². The van der Waals surface area contributed by atoms with Crippen molar-refractivity contribution in [3.05, 3.63) is 71.4 Å². The molecule has 2 amide bonds. The molecule has 2 aliphatic carbocycles. The van der Waals surface area contributed by atoms with Crippen molar-refractivity contribution in [3.8, 4) is 11.1 Å². The molecule has 9 heteroatoms. The second-order valence-corrected chi connectivity index (χ2v) is 9.56. The van der Waals surface area contributed by atoms with Crippen LogP contribution in [-0.4, -0.2) is 57.5 Å². The number of carbonyl (C=O) groups excluding carboxylic acids is 2. The lowest BCUT2D eigenvalue weighted by molar-refractivity contribution is -0.143. The number of aliphatic carboxylic acids is 1.